The number of carbonyl (C=O) groups is 3. The number of nitrogens with zero attached hydrogens (tertiary/aromatic N) is 9. The van der Waals surface area contributed by atoms with E-state index in [1.807, 2.05) is 84.6 Å². The minimum Gasteiger partial charge on any atom is -0.478 e. The van der Waals surface area contributed by atoms with Crippen LogP contribution in [0.25, 0.3) is 66.9 Å². The quantitative estimate of drug-likeness (QED) is 0.148. The van der Waals surface area contributed by atoms with Crippen molar-refractivity contribution >= 4 is 62.1 Å². The number of nitrogens with one attached hydrogen (secondary N) is 3. The number of aromatic nitrogens is 10. The number of carboxylic acid groups (broad SMARTS) is 1. The average molecular weight is 797 g/mol. The van der Waals surface area contributed by atoms with Gasteiger partial charge in [0.1, 0.15) is 45.0 Å². The van der Waals surface area contributed by atoms with Gasteiger partial charge in [0.2, 0.25) is 0 Å². The van der Waals surface area contributed by atoms with E-state index in [9.17, 15) is 19.5 Å². The Bertz CT molecular complexity index is 2970. The van der Waals surface area contributed by atoms with E-state index in [1.54, 1.807) is 28.2 Å². The summed E-state index contributed by atoms with van der Waals surface area (Å²) in [4.78, 5) is 62.6. The van der Waals surface area contributed by atoms with Gasteiger partial charge < -0.3 is 30.0 Å². The van der Waals surface area contributed by atoms with E-state index in [2.05, 4.69) is 52.6 Å². The van der Waals surface area contributed by atoms with Gasteiger partial charge in [-0.05, 0) is 71.2 Å². The highest BCUT2D eigenvalue weighted by atomic mass is 16.6. The van der Waals surface area contributed by atoms with Crippen LogP contribution in [0.3, 0.4) is 0 Å². The maximum atomic E-state index is 13.3. The topological polar surface area (TPSA) is 215 Å². The van der Waals surface area contributed by atoms with Gasteiger partial charge in [-0.2, -0.15) is 10.2 Å². The standard InChI is InChI=1S/C26H31N7O3.C16H13N5O2/c1-15-7-8-16-19(11-15)32(6)31-20(16)18-13-28-22-21(29-18)17(12-27-22)23(34)30-26(5)9-10-33(14-26)24(35)36-25(2,3)4;1-8-3-4-9-12(5-8)21(2)20-13(9)11-7-18-15-14(19-11)10(6-17-15)16(22)23/h7-8,11-13H,9-10,14H2,1-6H3,(H,27,28)(H,30,34);3-7H,1-2H3,(H,17,18)(H,22,23). The minimum atomic E-state index is -1.04. The van der Waals surface area contributed by atoms with Gasteiger partial charge in [0.05, 0.1) is 34.5 Å². The molecule has 4 N–H and O–H groups in total. The van der Waals surface area contributed by atoms with Crippen LogP contribution in [0.1, 0.15) is 66.0 Å². The second-order valence-electron chi connectivity index (χ2n) is 16.3. The fraction of sp³-hybridized carbons (Fsp3) is 0.310. The van der Waals surface area contributed by atoms with Crippen molar-refractivity contribution in [3.63, 3.8) is 0 Å². The van der Waals surface area contributed by atoms with E-state index in [4.69, 9.17) is 9.72 Å². The summed E-state index contributed by atoms with van der Waals surface area (Å²) in [7, 11) is 3.77. The lowest BCUT2D eigenvalue weighted by molar-refractivity contribution is 0.0280. The summed E-state index contributed by atoms with van der Waals surface area (Å²) in [5.41, 5.74) is 7.95. The number of aryl methyl sites for hydroxylation is 4. The van der Waals surface area contributed by atoms with Crippen LogP contribution in [0, 0.1) is 13.8 Å². The molecule has 1 aliphatic rings. The summed E-state index contributed by atoms with van der Waals surface area (Å²) >= 11 is 0. The zero-order chi connectivity index (χ0) is 42.0. The Hall–Kier alpha value is -7.17. The highest BCUT2D eigenvalue weighted by Crippen LogP contribution is 2.31. The Morgan fingerprint density at radius 1 is 0.814 bits per heavy atom. The Morgan fingerprint density at radius 3 is 1.83 bits per heavy atom. The molecule has 1 atom stereocenters. The average Bonchev–Trinajstić information content (AvgIpc) is 4.01. The van der Waals surface area contributed by atoms with Gasteiger partial charge in [-0.3, -0.25) is 14.2 Å². The largest absolute Gasteiger partial charge is 0.478 e. The molecule has 1 unspecified atom stereocenters. The first-order valence-electron chi connectivity index (χ1n) is 19.1. The molecule has 2 amide bonds. The zero-order valence-corrected chi connectivity index (χ0v) is 34.0. The molecule has 302 valence electrons. The van der Waals surface area contributed by atoms with Crippen molar-refractivity contribution in [2.24, 2.45) is 14.1 Å². The van der Waals surface area contributed by atoms with Crippen LogP contribution in [0.5, 0.6) is 0 Å². The van der Waals surface area contributed by atoms with Crippen LogP contribution in [-0.4, -0.2) is 102 Å². The molecular formula is C42H44N12O5. The Labute approximate surface area is 337 Å². The molecule has 1 saturated heterocycles. The normalized spacial score (nSPS) is 15.6. The lowest BCUT2D eigenvalue weighted by Crippen LogP contribution is -2.49. The number of carboxylic acids is 1. The van der Waals surface area contributed by atoms with Crippen molar-refractivity contribution in [3.8, 4) is 22.8 Å². The molecule has 17 heteroatoms. The second-order valence-corrected chi connectivity index (χ2v) is 16.3. The van der Waals surface area contributed by atoms with Gasteiger partial charge in [0.25, 0.3) is 5.91 Å². The van der Waals surface area contributed by atoms with Crippen molar-refractivity contribution in [2.75, 3.05) is 13.1 Å². The maximum absolute atomic E-state index is 13.3. The number of fused-ring (bicyclic) bond motifs is 4. The van der Waals surface area contributed by atoms with Crippen molar-refractivity contribution < 1.29 is 24.2 Å². The number of ether oxygens (including phenoxy) is 1. The van der Waals surface area contributed by atoms with E-state index in [0.29, 0.717) is 70.2 Å². The molecule has 2 aromatic carbocycles. The number of amides is 2. The summed E-state index contributed by atoms with van der Waals surface area (Å²) in [6, 6.07) is 12.2. The molecule has 6 aromatic heterocycles. The first kappa shape index (κ1) is 38.7. The van der Waals surface area contributed by atoms with Crippen LogP contribution in [0.2, 0.25) is 0 Å². The molecule has 59 heavy (non-hydrogen) atoms. The summed E-state index contributed by atoms with van der Waals surface area (Å²) in [5, 5.41) is 23.5. The minimum absolute atomic E-state index is 0.102. The first-order chi connectivity index (χ1) is 28.0. The van der Waals surface area contributed by atoms with Gasteiger partial charge >= 0.3 is 12.1 Å². The molecule has 9 rings (SSSR count). The fourth-order valence-electron chi connectivity index (χ4n) is 7.35. The van der Waals surface area contributed by atoms with Gasteiger partial charge in [-0.1, -0.05) is 24.3 Å². The van der Waals surface area contributed by atoms with Crippen molar-refractivity contribution in [2.45, 2.75) is 59.1 Å². The number of carbonyl (C=O) groups excluding carboxylic acids is 2. The van der Waals surface area contributed by atoms with Gasteiger partial charge in [-0.15, -0.1) is 0 Å². The number of rotatable bonds is 5. The molecule has 1 aliphatic heterocycles. The predicted molar refractivity (Wildman–Crippen MR) is 222 cm³/mol. The third-order valence-corrected chi connectivity index (χ3v) is 10.3. The highest BCUT2D eigenvalue weighted by molar-refractivity contribution is 6.05. The van der Waals surface area contributed by atoms with Crippen LogP contribution >= 0.6 is 0 Å². The van der Waals surface area contributed by atoms with Crippen LogP contribution in [0.4, 0.5) is 4.79 Å². The second kappa shape index (κ2) is 14.3. The fourth-order valence-corrected chi connectivity index (χ4v) is 7.35. The lowest BCUT2D eigenvalue weighted by atomic mass is 10.0. The van der Waals surface area contributed by atoms with Crippen LogP contribution < -0.4 is 5.32 Å². The van der Waals surface area contributed by atoms with Crippen molar-refractivity contribution in [3.05, 3.63) is 83.4 Å². The first-order valence-corrected chi connectivity index (χ1v) is 19.1. The van der Waals surface area contributed by atoms with E-state index in [-0.39, 0.29) is 17.6 Å². The number of hydrogen-bond acceptors (Lipinski definition) is 10. The molecule has 0 aliphatic carbocycles. The number of likely N-dealkylation sites (tertiary alicyclic amines) is 1. The molecule has 7 heterocycles. The van der Waals surface area contributed by atoms with Crippen molar-refractivity contribution in [1.82, 2.24) is 59.7 Å². The van der Waals surface area contributed by atoms with E-state index >= 15 is 0 Å². The third kappa shape index (κ3) is 7.42. The highest BCUT2D eigenvalue weighted by Gasteiger charge is 2.39. The van der Waals surface area contributed by atoms with Gasteiger partial charge in [0.15, 0.2) is 11.3 Å². The molecule has 1 fully saturated rings. The van der Waals surface area contributed by atoms with Gasteiger partial charge in [-0.25, -0.2) is 29.5 Å². The van der Waals surface area contributed by atoms with Crippen LogP contribution in [-0.2, 0) is 18.8 Å². The molecule has 17 nitrogen and oxygen atoms in total. The molecular weight excluding hydrogens is 753 g/mol. The zero-order valence-electron chi connectivity index (χ0n) is 34.0. The van der Waals surface area contributed by atoms with E-state index < -0.39 is 17.1 Å². The Morgan fingerprint density at radius 2 is 1.32 bits per heavy atom. The summed E-state index contributed by atoms with van der Waals surface area (Å²) in [6.45, 7) is 12.4. The lowest BCUT2D eigenvalue weighted by Gasteiger charge is -2.27. The summed E-state index contributed by atoms with van der Waals surface area (Å²) in [6.07, 6.45) is 6.53. The monoisotopic (exact) mass is 796 g/mol. The van der Waals surface area contributed by atoms with Gasteiger partial charge in [0, 0.05) is 50.4 Å². The van der Waals surface area contributed by atoms with E-state index in [1.165, 1.54) is 6.20 Å². The molecule has 0 spiro atoms. The maximum Gasteiger partial charge on any atom is 0.410 e. The Kier molecular flexibility index (Phi) is 9.40. The van der Waals surface area contributed by atoms with Crippen molar-refractivity contribution in [1.29, 1.82) is 0 Å². The number of hydrogen-bond donors (Lipinski definition) is 4. The smallest absolute Gasteiger partial charge is 0.410 e. The number of H-pyrrole nitrogens is 2. The third-order valence-electron chi connectivity index (χ3n) is 10.3. The molecule has 0 bridgehead atoms. The Balaban J connectivity index is 0.000000180. The summed E-state index contributed by atoms with van der Waals surface area (Å²) in [5.74, 6) is -1.31. The molecule has 8 aromatic rings. The SMILES string of the molecule is Cc1ccc2c(-c3cnc4[nH]cc(C(=O)NC5(C)CCN(C(=O)OC(C)(C)C)C5)c4n3)nn(C)c2c1.Cc1ccc2c(-c3cnc4[nH]cc(C(=O)O)c4n3)nn(C)c2c1. The number of aromatic amines is 2. The molecule has 0 saturated carbocycles. The summed E-state index contributed by atoms with van der Waals surface area (Å²) < 4.78 is 9.10. The van der Waals surface area contributed by atoms with Crippen LogP contribution in [0.15, 0.2) is 61.2 Å². The number of benzene rings is 2. The van der Waals surface area contributed by atoms with E-state index in [0.717, 1.165) is 32.9 Å². The molecule has 0 radical (unpaired) electrons. The number of aromatic carboxylic acids is 1. The predicted octanol–water partition coefficient (Wildman–Crippen LogP) is 6.47.